The van der Waals surface area contributed by atoms with E-state index in [9.17, 15) is 4.79 Å². The van der Waals surface area contributed by atoms with Gasteiger partial charge in [0.05, 0.1) is 15.7 Å². The number of para-hydroxylation sites is 1. The quantitative estimate of drug-likeness (QED) is 0.576. The van der Waals surface area contributed by atoms with E-state index < -0.39 is 0 Å². The molecule has 3 heterocycles. The van der Waals surface area contributed by atoms with Crippen LogP contribution in [-0.2, 0) is 11.2 Å². The Bertz CT molecular complexity index is 966. The van der Waals surface area contributed by atoms with Crippen LogP contribution in [0.15, 0.2) is 36.7 Å². The predicted octanol–water partition coefficient (Wildman–Crippen LogP) is 5.44. The molecule has 0 radical (unpaired) electrons. The molecule has 0 spiro atoms. The number of fused-ring (bicyclic) bond motifs is 1. The summed E-state index contributed by atoms with van der Waals surface area (Å²) in [5.41, 5.74) is 3.33. The van der Waals surface area contributed by atoms with E-state index >= 15 is 0 Å². The average Bonchev–Trinajstić information content (AvgIpc) is 2.85. The van der Waals surface area contributed by atoms with Gasteiger partial charge in [-0.1, -0.05) is 60.7 Å². The van der Waals surface area contributed by atoms with E-state index in [1.807, 2.05) is 0 Å². The standard InChI is InChI=1S/C26H32Cl2N4O/c27-22-16-29-17-23(28)25(22)31-14-12-30(13-15-31)18-21-11-10-19-6-4-5-9-24(19)32(21)26(33)20-7-2-1-3-8-20/h4-6,9,16-17,20-21H,1-3,7-8,10-15,18H2. The Hall–Kier alpha value is -1.82. The Morgan fingerprint density at radius 1 is 0.939 bits per heavy atom. The third kappa shape index (κ3) is 4.87. The highest BCUT2D eigenvalue weighted by Crippen LogP contribution is 2.36. The van der Waals surface area contributed by atoms with E-state index in [1.54, 1.807) is 12.4 Å². The number of hydrogen-bond acceptors (Lipinski definition) is 4. The summed E-state index contributed by atoms with van der Waals surface area (Å²) in [6.45, 7) is 4.50. The Morgan fingerprint density at radius 2 is 1.64 bits per heavy atom. The minimum absolute atomic E-state index is 0.181. The fourth-order valence-corrected chi connectivity index (χ4v) is 6.39. The number of pyridine rings is 1. The number of amides is 1. The summed E-state index contributed by atoms with van der Waals surface area (Å²) in [4.78, 5) is 24.8. The summed E-state index contributed by atoms with van der Waals surface area (Å²) in [5, 5.41) is 1.20. The zero-order valence-corrected chi connectivity index (χ0v) is 20.6. The van der Waals surface area contributed by atoms with Crippen LogP contribution < -0.4 is 9.80 Å². The van der Waals surface area contributed by atoms with Gasteiger partial charge in [-0.25, -0.2) is 0 Å². The van der Waals surface area contributed by atoms with Crippen LogP contribution in [-0.4, -0.2) is 54.6 Å². The molecule has 1 saturated carbocycles. The van der Waals surface area contributed by atoms with Gasteiger partial charge in [-0.05, 0) is 37.3 Å². The first-order valence-electron chi connectivity index (χ1n) is 12.3. The lowest BCUT2D eigenvalue weighted by atomic mass is 9.86. The predicted molar refractivity (Wildman–Crippen MR) is 136 cm³/mol. The van der Waals surface area contributed by atoms with Crippen LogP contribution in [0.4, 0.5) is 11.4 Å². The highest BCUT2D eigenvalue weighted by Gasteiger charge is 2.36. The Morgan fingerprint density at radius 3 is 2.36 bits per heavy atom. The Balaban J connectivity index is 1.29. The molecule has 1 aliphatic carbocycles. The molecular formula is C26H32Cl2N4O. The molecule has 1 aromatic heterocycles. The number of piperazine rings is 1. The Kier molecular flexibility index (Phi) is 7.10. The summed E-state index contributed by atoms with van der Waals surface area (Å²) in [6, 6.07) is 8.73. The van der Waals surface area contributed by atoms with Crippen LogP contribution in [0.2, 0.25) is 10.0 Å². The second-order valence-corrected chi connectivity index (χ2v) is 10.4. The molecule has 2 aromatic rings. The van der Waals surface area contributed by atoms with Gasteiger partial charge in [0.15, 0.2) is 0 Å². The number of carbonyl (C=O) groups excluding carboxylic acids is 1. The van der Waals surface area contributed by atoms with Gasteiger partial charge in [0.2, 0.25) is 5.91 Å². The van der Waals surface area contributed by atoms with Crippen LogP contribution in [0, 0.1) is 5.92 Å². The first-order valence-corrected chi connectivity index (χ1v) is 13.0. The molecule has 1 saturated heterocycles. The number of nitrogens with zero attached hydrogens (tertiary/aromatic N) is 4. The van der Waals surface area contributed by atoms with Crippen LogP contribution in [0.3, 0.4) is 0 Å². The normalized spacial score (nSPS) is 22.3. The highest BCUT2D eigenvalue weighted by atomic mass is 35.5. The molecule has 2 fully saturated rings. The number of halogens is 2. The molecule has 2 aliphatic heterocycles. The third-order valence-corrected chi connectivity index (χ3v) is 8.09. The van der Waals surface area contributed by atoms with Crippen molar-refractivity contribution < 1.29 is 4.79 Å². The van der Waals surface area contributed by atoms with Crippen molar-refractivity contribution in [2.45, 2.75) is 51.0 Å². The summed E-state index contributed by atoms with van der Waals surface area (Å²) in [6.07, 6.45) is 11.1. The largest absolute Gasteiger partial charge is 0.366 e. The maximum absolute atomic E-state index is 13.7. The molecule has 1 aromatic carbocycles. The van der Waals surface area contributed by atoms with E-state index in [-0.39, 0.29) is 12.0 Å². The van der Waals surface area contributed by atoms with Gasteiger partial charge in [0.25, 0.3) is 0 Å². The minimum atomic E-state index is 0.181. The van der Waals surface area contributed by atoms with Gasteiger partial charge < -0.3 is 9.80 Å². The molecule has 0 N–H and O–H groups in total. The van der Waals surface area contributed by atoms with Crippen LogP contribution in [0.1, 0.15) is 44.1 Å². The topological polar surface area (TPSA) is 39.7 Å². The summed E-state index contributed by atoms with van der Waals surface area (Å²) in [7, 11) is 0. The first-order chi connectivity index (χ1) is 16.1. The zero-order valence-electron chi connectivity index (χ0n) is 19.1. The van der Waals surface area contributed by atoms with Crippen molar-refractivity contribution in [2.24, 2.45) is 5.92 Å². The van der Waals surface area contributed by atoms with E-state index in [1.165, 1.54) is 24.8 Å². The second kappa shape index (κ2) is 10.2. The van der Waals surface area contributed by atoms with Gasteiger partial charge in [-0.2, -0.15) is 0 Å². The minimum Gasteiger partial charge on any atom is -0.366 e. The van der Waals surface area contributed by atoms with Crippen LogP contribution in [0.5, 0.6) is 0 Å². The van der Waals surface area contributed by atoms with Crippen molar-refractivity contribution in [1.82, 2.24) is 9.88 Å². The number of hydrogen-bond donors (Lipinski definition) is 0. The van der Waals surface area contributed by atoms with E-state index in [2.05, 4.69) is 43.9 Å². The first kappa shape index (κ1) is 22.9. The molecule has 1 atom stereocenters. The lowest BCUT2D eigenvalue weighted by Gasteiger charge is -2.44. The highest BCUT2D eigenvalue weighted by molar-refractivity contribution is 6.38. The number of aryl methyl sites for hydroxylation is 1. The van der Waals surface area contributed by atoms with E-state index in [0.29, 0.717) is 16.0 Å². The summed E-state index contributed by atoms with van der Waals surface area (Å²) in [5.74, 6) is 0.529. The van der Waals surface area contributed by atoms with Crippen molar-refractivity contribution in [1.29, 1.82) is 0 Å². The van der Waals surface area contributed by atoms with Gasteiger partial charge in [0.1, 0.15) is 0 Å². The van der Waals surface area contributed by atoms with Crippen LogP contribution >= 0.6 is 23.2 Å². The molecule has 5 rings (SSSR count). The number of aromatic nitrogens is 1. The lowest BCUT2D eigenvalue weighted by Crippen LogP contribution is -2.55. The summed E-state index contributed by atoms with van der Waals surface area (Å²) < 4.78 is 0. The fourth-order valence-electron chi connectivity index (χ4n) is 5.78. The number of anilines is 2. The molecule has 3 aliphatic rings. The lowest BCUT2D eigenvalue weighted by molar-refractivity contribution is -0.124. The maximum Gasteiger partial charge on any atom is 0.230 e. The molecule has 33 heavy (non-hydrogen) atoms. The van der Waals surface area contributed by atoms with Gasteiger partial charge in [-0.3, -0.25) is 14.7 Å². The molecule has 7 heteroatoms. The van der Waals surface area contributed by atoms with Crippen molar-refractivity contribution in [3.8, 4) is 0 Å². The molecule has 5 nitrogen and oxygen atoms in total. The summed E-state index contributed by atoms with van der Waals surface area (Å²) >= 11 is 12.8. The number of benzene rings is 1. The molecule has 0 bridgehead atoms. The van der Waals surface area contributed by atoms with E-state index in [4.69, 9.17) is 23.2 Å². The van der Waals surface area contributed by atoms with Gasteiger partial charge >= 0.3 is 0 Å². The SMILES string of the molecule is O=C(C1CCCCC1)N1c2ccccc2CCC1CN1CCN(c2c(Cl)cncc2Cl)CC1. The number of rotatable bonds is 4. The van der Waals surface area contributed by atoms with Crippen molar-refractivity contribution >= 4 is 40.5 Å². The molecule has 1 amide bonds. The van der Waals surface area contributed by atoms with Crippen molar-refractivity contribution in [3.05, 3.63) is 52.3 Å². The smallest absolute Gasteiger partial charge is 0.230 e. The zero-order chi connectivity index (χ0) is 22.8. The molecular weight excluding hydrogens is 455 g/mol. The van der Waals surface area contributed by atoms with E-state index in [0.717, 1.165) is 69.8 Å². The van der Waals surface area contributed by atoms with Crippen LogP contribution in [0.25, 0.3) is 0 Å². The van der Waals surface area contributed by atoms with Gasteiger partial charge in [0, 0.05) is 62.8 Å². The number of carbonyl (C=O) groups is 1. The van der Waals surface area contributed by atoms with Crippen molar-refractivity contribution in [2.75, 3.05) is 42.5 Å². The third-order valence-electron chi connectivity index (χ3n) is 7.54. The average molecular weight is 487 g/mol. The monoisotopic (exact) mass is 486 g/mol. The Labute approximate surface area is 206 Å². The fraction of sp³-hybridized carbons (Fsp3) is 0.538. The van der Waals surface area contributed by atoms with Gasteiger partial charge in [-0.15, -0.1) is 0 Å². The molecule has 176 valence electrons. The maximum atomic E-state index is 13.7. The molecule has 1 unspecified atom stereocenters. The second-order valence-electron chi connectivity index (χ2n) is 9.60. The van der Waals surface area contributed by atoms with Crippen molar-refractivity contribution in [3.63, 3.8) is 0 Å².